The molecule has 1 fully saturated rings. The summed E-state index contributed by atoms with van der Waals surface area (Å²) < 4.78 is 0. The van der Waals surface area contributed by atoms with E-state index in [1.165, 1.54) is 23.7 Å². The first-order valence-electron chi connectivity index (χ1n) is 6.44. The maximum atomic E-state index is 4.56. The van der Waals surface area contributed by atoms with E-state index in [0.717, 1.165) is 6.54 Å². The Morgan fingerprint density at radius 2 is 2.29 bits per heavy atom. The quantitative estimate of drug-likeness (QED) is 0.895. The molecule has 0 aromatic carbocycles. The predicted molar refractivity (Wildman–Crippen MR) is 73.4 cm³/mol. The van der Waals surface area contributed by atoms with Gasteiger partial charge in [-0.15, -0.1) is 11.3 Å². The Morgan fingerprint density at radius 1 is 1.53 bits per heavy atom. The van der Waals surface area contributed by atoms with Crippen molar-refractivity contribution in [2.45, 2.75) is 45.8 Å². The molecule has 0 amide bonds. The lowest BCUT2D eigenvalue weighted by molar-refractivity contribution is 0.0801. The number of aromatic nitrogens is 1. The van der Waals surface area contributed by atoms with Crippen LogP contribution >= 0.6 is 11.3 Å². The molecule has 0 bridgehead atoms. The van der Waals surface area contributed by atoms with E-state index in [1.54, 1.807) is 11.3 Å². The van der Waals surface area contributed by atoms with Gasteiger partial charge in [-0.3, -0.25) is 4.90 Å². The molecule has 17 heavy (non-hydrogen) atoms. The lowest BCUT2D eigenvalue weighted by Gasteiger charge is -2.42. The minimum Gasteiger partial charge on any atom is -0.317 e. The second kappa shape index (κ2) is 5.46. The second-order valence-electron chi connectivity index (χ2n) is 5.11. The van der Waals surface area contributed by atoms with Crippen LogP contribution in [0.15, 0.2) is 5.38 Å². The number of nitrogens with one attached hydrogen (secondary N) is 1. The SMILES string of the molecule is CNC1CCN(Cc2csc(C)n2)C(C)C1C. The highest BCUT2D eigenvalue weighted by Gasteiger charge is 2.31. The molecule has 2 heterocycles. The monoisotopic (exact) mass is 253 g/mol. The molecule has 3 nitrogen and oxygen atoms in total. The van der Waals surface area contributed by atoms with Crippen molar-refractivity contribution in [2.75, 3.05) is 13.6 Å². The lowest BCUT2D eigenvalue weighted by Crippen LogP contribution is -2.52. The molecule has 0 radical (unpaired) electrons. The van der Waals surface area contributed by atoms with E-state index in [2.05, 4.69) is 48.4 Å². The summed E-state index contributed by atoms with van der Waals surface area (Å²) >= 11 is 1.75. The van der Waals surface area contributed by atoms with Gasteiger partial charge in [0.1, 0.15) is 0 Å². The van der Waals surface area contributed by atoms with Crippen LogP contribution in [0.3, 0.4) is 0 Å². The molecule has 1 aromatic heterocycles. The zero-order chi connectivity index (χ0) is 12.4. The van der Waals surface area contributed by atoms with E-state index in [-0.39, 0.29) is 0 Å². The molecule has 4 heteroatoms. The number of thiazole rings is 1. The first-order valence-corrected chi connectivity index (χ1v) is 7.32. The van der Waals surface area contributed by atoms with Crippen LogP contribution in [-0.4, -0.2) is 35.6 Å². The maximum Gasteiger partial charge on any atom is 0.0897 e. The van der Waals surface area contributed by atoms with Crippen LogP contribution in [0.25, 0.3) is 0 Å². The molecule has 1 aliphatic rings. The smallest absolute Gasteiger partial charge is 0.0897 e. The fraction of sp³-hybridized carbons (Fsp3) is 0.769. The summed E-state index contributed by atoms with van der Waals surface area (Å²) in [5.74, 6) is 0.702. The van der Waals surface area contributed by atoms with Crippen molar-refractivity contribution in [2.24, 2.45) is 5.92 Å². The van der Waals surface area contributed by atoms with Crippen molar-refractivity contribution in [3.63, 3.8) is 0 Å². The third-order valence-corrected chi connectivity index (χ3v) is 4.92. The van der Waals surface area contributed by atoms with Crippen molar-refractivity contribution in [3.05, 3.63) is 16.1 Å². The van der Waals surface area contributed by atoms with E-state index in [4.69, 9.17) is 0 Å². The minimum absolute atomic E-state index is 0.628. The van der Waals surface area contributed by atoms with Crippen LogP contribution in [0, 0.1) is 12.8 Å². The van der Waals surface area contributed by atoms with Gasteiger partial charge in [0.15, 0.2) is 0 Å². The second-order valence-corrected chi connectivity index (χ2v) is 6.17. The molecule has 1 saturated heterocycles. The fourth-order valence-corrected chi connectivity index (χ4v) is 3.36. The molecule has 1 N–H and O–H groups in total. The summed E-state index contributed by atoms with van der Waals surface area (Å²) in [5.41, 5.74) is 1.23. The number of likely N-dealkylation sites (tertiary alicyclic amines) is 1. The Hall–Kier alpha value is -0.450. The summed E-state index contributed by atoms with van der Waals surface area (Å²) in [5, 5.41) is 6.80. The number of nitrogens with zero attached hydrogens (tertiary/aromatic N) is 2. The van der Waals surface area contributed by atoms with Crippen molar-refractivity contribution in [1.82, 2.24) is 15.2 Å². The summed E-state index contributed by atoms with van der Waals surface area (Å²) in [4.78, 5) is 7.13. The highest BCUT2D eigenvalue weighted by Crippen LogP contribution is 2.25. The first-order chi connectivity index (χ1) is 8.11. The third-order valence-electron chi connectivity index (χ3n) is 4.10. The molecule has 3 atom stereocenters. The Morgan fingerprint density at radius 3 is 2.88 bits per heavy atom. The van der Waals surface area contributed by atoms with Gasteiger partial charge < -0.3 is 5.32 Å². The van der Waals surface area contributed by atoms with Crippen LogP contribution in [-0.2, 0) is 6.54 Å². The molecule has 96 valence electrons. The number of hydrogen-bond donors (Lipinski definition) is 1. The molecule has 0 saturated carbocycles. The number of hydrogen-bond acceptors (Lipinski definition) is 4. The van der Waals surface area contributed by atoms with Gasteiger partial charge in [0.05, 0.1) is 10.7 Å². The minimum atomic E-state index is 0.628. The summed E-state index contributed by atoms with van der Waals surface area (Å²) in [7, 11) is 2.08. The van der Waals surface area contributed by atoms with Crippen LogP contribution < -0.4 is 5.32 Å². The zero-order valence-corrected chi connectivity index (χ0v) is 12.0. The van der Waals surface area contributed by atoms with Gasteiger partial charge >= 0.3 is 0 Å². The van der Waals surface area contributed by atoms with Crippen LogP contribution in [0.5, 0.6) is 0 Å². The summed E-state index contributed by atoms with van der Waals surface area (Å²) in [6.45, 7) is 8.95. The highest BCUT2D eigenvalue weighted by molar-refractivity contribution is 7.09. The van der Waals surface area contributed by atoms with E-state index >= 15 is 0 Å². The van der Waals surface area contributed by atoms with Crippen molar-refractivity contribution in [3.8, 4) is 0 Å². The van der Waals surface area contributed by atoms with Crippen molar-refractivity contribution in [1.29, 1.82) is 0 Å². The summed E-state index contributed by atoms with van der Waals surface area (Å²) in [6, 6.07) is 1.29. The molecule has 3 unspecified atom stereocenters. The predicted octanol–water partition coefficient (Wildman–Crippen LogP) is 2.27. The maximum absolute atomic E-state index is 4.56. The lowest BCUT2D eigenvalue weighted by atomic mass is 9.87. The van der Waals surface area contributed by atoms with Gasteiger partial charge in [-0.2, -0.15) is 0 Å². The molecular weight excluding hydrogens is 230 g/mol. The van der Waals surface area contributed by atoms with Crippen molar-refractivity contribution < 1.29 is 0 Å². The molecule has 0 aliphatic carbocycles. The fourth-order valence-electron chi connectivity index (χ4n) is 2.76. The van der Waals surface area contributed by atoms with Crippen LogP contribution in [0.2, 0.25) is 0 Å². The Balaban J connectivity index is 1.98. The first kappa shape index (κ1) is 13.0. The van der Waals surface area contributed by atoms with E-state index in [0.29, 0.717) is 18.0 Å². The largest absolute Gasteiger partial charge is 0.317 e. The van der Waals surface area contributed by atoms with E-state index < -0.39 is 0 Å². The topological polar surface area (TPSA) is 28.2 Å². The number of piperidine rings is 1. The third kappa shape index (κ3) is 2.87. The number of rotatable bonds is 3. The molecule has 1 aliphatic heterocycles. The molecule has 1 aromatic rings. The molecular formula is C13H23N3S. The van der Waals surface area contributed by atoms with Gasteiger partial charge in [-0.05, 0) is 33.2 Å². The van der Waals surface area contributed by atoms with Crippen molar-refractivity contribution >= 4 is 11.3 Å². The van der Waals surface area contributed by atoms with Gasteiger partial charge in [-0.25, -0.2) is 4.98 Å². The van der Waals surface area contributed by atoms with Gasteiger partial charge in [0.2, 0.25) is 0 Å². The van der Waals surface area contributed by atoms with Gasteiger partial charge in [-0.1, -0.05) is 6.92 Å². The van der Waals surface area contributed by atoms with E-state index in [1.807, 2.05) is 0 Å². The van der Waals surface area contributed by atoms with Crippen LogP contribution in [0.1, 0.15) is 31.0 Å². The molecule has 2 rings (SSSR count). The Labute approximate surface area is 108 Å². The van der Waals surface area contributed by atoms with Crippen LogP contribution in [0.4, 0.5) is 0 Å². The van der Waals surface area contributed by atoms with Gasteiger partial charge in [0.25, 0.3) is 0 Å². The summed E-state index contributed by atoms with van der Waals surface area (Å²) in [6.07, 6.45) is 1.24. The Kier molecular flexibility index (Phi) is 4.17. The van der Waals surface area contributed by atoms with E-state index in [9.17, 15) is 0 Å². The zero-order valence-electron chi connectivity index (χ0n) is 11.2. The average molecular weight is 253 g/mol. The van der Waals surface area contributed by atoms with Gasteiger partial charge in [0, 0.05) is 30.6 Å². The standard InChI is InChI=1S/C13H23N3S/c1-9-10(2)16(6-5-13(9)14-4)7-12-8-17-11(3)15-12/h8-10,13-14H,5-7H2,1-4H3. The normalized spacial score (nSPS) is 30.7. The Bertz CT molecular complexity index is 363. The average Bonchev–Trinajstić information content (AvgIpc) is 2.71. The molecule has 0 spiro atoms. The number of aryl methyl sites for hydroxylation is 1. The highest BCUT2D eigenvalue weighted by atomic mass is 32.1.